The van der Waals surface area contributed by atoms with Gasteiger partial charge in [-0.25, -0.2) is 0 Å². The molecule has 1 heterocycles. The van der Waals surface area contributed by atoms with E-state index in [1.54, 1.807) is 5.56 Å². The minimum absolute atomic E-state index is 0.0205. The molecule has 2 nitrogen and oxygen atoms in total. The van der Waals surface area contributed by atoms with Gasteiger partial charge in [0.05, 0.1) is 0 Å². The Labute approximate surface area is 359 Å². The molecule has 9 aromatic rings. The number of benzene rings is 8. The Morgan fingerprint density at radius 1 is 0.443 bits per heavy atom. The summed E-state index contributed by atoms with van der Waals surface area (Å²) in [5.74, 6) is 2.82. The fourth-order valence-electron chi connectivity index (χ4n) is 12.5. The van der Waals surface area contributed by atoms with E-state index >= 15 is 0 Å². The van der Waals surface area contributed by atoms with Crippen LogP contribution in [0, 0.1) is 23.7 Å². The van der Waals surface area contributed by atoms with Crippen LogP contribution in [0.4, 0.5) is 17.1 Å². The molecule has 5 atom stereocenters. The SMILES string of the molecule is C[C@H]1C[C@@H]2C[C@H](C1)C1(c3ccccc3-c3ccc(N(c4ccc(-c5ccccc5)cc4)c4ccc(-c5ccccc5-c5cccc6oc7ccccc7c56)cc4)cc31)[C@H](C)C2. The van der Waals surface area contributed by atoms with Crippen molar-refractivity contribution in [2.75, 3.05) is 4.90 Å². The first-order chi connectivity index (χ1) is 30.0. The summed E-state index contributed by atoms with van der Waals surface area (Å²) in [7, 11) is 0. The number of para-hydroxylation sites is 1. The largest absolute Gasteiger partial charge is 0.456 e. The maximum absolute atomic E-state index is 6.33. The Kier molecular flexibility index (Phi) is 8.46. The van der Waals surface area contributed by atoms with Gasteiger partial charge in [-0.2, -0.15) is 0 Å². The van der Waals surface area contributed by atoms with Crippen molar-refractivity contribution < 1.29 is 4.42 Å². The highest BCUT2D eigenvalue weighted by atomic mass is 16.3. The third-order valence-electron chi connectivity index (χ3n) is 14.8. The molecule has 2 saturated carbocycles. The lowest BCUT2D eigenvalue weighted by Crippen LogP contribution is -2.49. The van der Waals surface area contributed by atoms with E-state index in [-0.39, 0.29) is 5.41 Å². The van der Waals surface area contributed by atoms with Crippen LogP contribution >= 0.6 is 0 Å². The monoisotopic (exact) mass is 787 g/mol. The van der Waals surface area contributed by atoms with Gasteiger partial charge in [0.1, 0.15) is 11.2 Å². The molecule has 1 unspecified atom stereocenters. The van der Waals surface area contributed by atoms with Gasteiger partial charge in [-0.15, -0.1) is 0 Å². The Bertz CT molecular complexity index is 3080. The first kappa shape index (κ1) is 36.2. The lowest BCUT2D eigenvalue weighted by Gasteiger charge is -2.54. The highest BCUT2D eigenvalue weighted by molar-refractivity contribution is 6.13. The van der Waals surface area contributed by atoms with Crippen LogP contribution in [0.2, 0.25) is 0 Å². The molecule has 1 spiro atoms. The average Bonchev–Trinajstić information content (AvgIpc) is 3.83. The predicted octanol–water partition coefficient (Wildman–Crippen LogP) is 16.4. The van der Waals surface area contributed by atoms with Crippen molar-refractivity contribution in [2.24, 2.45) is 23.7 Å². The molecule has 8 aromatic carbocycles. The van der Waals surface area contributed by atoms with Gasteiger partial charge >= 0.3 is 0 Å². The van der Waals surface area contributed by atoms with Crippen LogP contribution in [0.5, 0.6) is 0 Å². The fourth-order valence-corrected chi connectivity index (χ4v) is 12.5. The topological polar surface area (TPSA) is 16.4 Å². The summed E-state index contributed by atoms with van der Waals surface area (Å²) in [6, 6.07) is 69.5. The van der Waals surface area contributed by atoms with E-state index in [2.05, 4.69) is 201 Å². The maximum atomic E-state index is 6.33. The zero-order valence-electron chi connectivity index (χ0n) is 34.9. The molecule has 2 heteroatoms. The van der Waals surface area contributed by atoms with Crippen molar-refractivity contribution in [1.29, 1.82) is 0 Å². The van der Waals surface area contributed by atoms with Crippen LogP contribution in [0.15, 0.2) is 192 Å². The molecule has 0 saturated heterocycles. The number of furan rings is 1. The Morgan fingerprint density at radius 2 is 1.05 bits per heavy atom. The molecular weight excluding hydrogens is 739 g/mol. The summed E-state index contributed by atoms with van der Waals surface area (Å²) in [5.41, 5.74) is 18.5. The number of rotatable bonds is 6. The molecule has 1 aromatic heterocycles. The number of fused-ring (bicyclic) bond motifs is 11. The molecule has 296 valence electrons. The highest BCUT2D eigenvalue weighted by Crippen LogP contribution is 2.65. The normalized spacial score (nSPS) is 21.4. The molecule has 0 amide bonds. The molecule has 0 N–H and O–H groups in total. The number of nitrogens with zero attached hydrogens (tertiary/aromatic N) is 1. The van der Waals surface area contributed by atoms with Crippen molar-refractivity contribution in [3.63, 3.8) is 0 Å². The first-order valence-corrected chi connectivity index (χ1v) is 22.3. The summed E-state index contributed by atoms with van der Waals surface area (Å²) in [5, 5.41) is 2.31. The quantitative estimate of drug-likeness (QED) is 0.167. The van der Waals surface area contributed by atoms with E-state index in [9.17, 15) is 0 Å². The van der Waals surface area contributed by atoms with Crippen LogP contribution < -0.4 is 4.90 Å². The van der Waals surface area contributed by atoms with E-state index in [1.807, 2.05) is 6.07 Å². The van der Waals surface area contributed by atoms with E-state index in [4.69, 9.17) is 4.42 Å². The van der Waals surface area contributed by atoms with Crippen molar-refractivity contribution in [3.8, 4) is 44.5 Å². The van der Waals surface area contributed by atoms with Crippen LogP contribution in [-0.4, -0.2) is 0 Å². The molecule has 3 aliphatic carbocycles. The zero-order chi connectivity index (χ0) is 40.7. The molecule has 3 aliphatic rings. The third kappa shape index (κ3) is 5.68. The van der Waals surface area contributed by atoms with Gasteiger partial charge in [-0.3, -0.25) is 0 Å². The summed E-state index contributed by atoms with van der Waals surface area (Å²) in [4.78, 5) is 2.49. The molecule has 12 rings (SSSR count). The summed E-state index contributed by atoms with van der Waals surface area (Å²) < 4.78 is 6.33. The predicted molar refractivity (Wildman–Crippen MR) is 255 cm³/mol. The Morgan fingerprint density at radius 3 is 1.85 bits per heavy atom. The van der Waals surface area contributed by atoms with E-state index in [0.717, 1.165) is 45.1 Å². The van der Waals surface area contributed by atoms with Gasteiger partial charge in [0.2, 0.25) is 0 Å². The van der Waals surface area contributed by atoms with Crippen molar-refractivity contribution in [3.05, 3.63) is 199 Å². The van der Waals surface area contributed by atoms with E-state index in [0.29, 0.717) is 11.8 Å². The fraction of sp³-hybridized carbons (Fsp3) is 0.186. The second kappa shape index (κ2) is 14.2. The third-order valence-corrected chi connectivity index (χ3v) is 14.8. The number of hydrogen-bond donors (Lipinski definition) is 0. The van der Waals surface area contributed by atoms with Gasteiger partial charge in [0.15, 0.2) is 0 Å². The highest BCUT2D eigenvalue weighted by Gasteiger charge is 2.56. The average molecular weight is 788 g/mol. The summed E-state index contributed by atoms with van der Waals surface area (Å²) in [6.45, 7) is 5.07. The minimum atomic E-state index is 0.0205. The molecular formula is C59H49NO. The molecule has 2 fully saturated rings. The second-order valence-corrected chi connectivity index (χ2v) is 18.3. The van der Waals surface area contributed by atoms with Gasteiger partial charge < -0.3 is 9.32 Å². The summed E-state index contributed by atoms with van der Waals surface area (Å²) in [6.07, 6.45) is 5.33. The molecule has 0 radical (unpaired) electrons. The second-order valence-electron chi connectivity index (χ2n) is 18.3. The standard InChI is InChI=1S/C59H49NO/c1-38-33-40-35-39(2)59(44(34-38)36-40)54-20-10-8-17-50(54)51-32-31-47(37-55(51)59)60(45-27-23-42(24-28-45)41-13-4-3-5-14-41)46-29-25-43(26-30-46)48-15-6-7-16-49(48)52-19-12-22-57-58(52)53-18-9-11-21-56(53)61-57/h3-32,37-40,44H,33-36H2,1-2H3/t38-,39+,40-,44-,59?/m0/s1. The van der Waals surface area contributed by atoms with Gasteiger partial charge in [-0.1, -0.05) is 153 Å². The Balaban J connectivity index is 0.997. The molecule has 2 bridgehead atoms. The Hall–Kier alpha value is -6.64. The minimum Gasteiger partial charge on any atom is -0.456 e. The maximum Gasteiger partial charge on any atom is 0.136 e. The van der Waals surface area contributed by atoms with Gasteiger partial charge in [0.25, 0.3) is 0 Å². The lowest BCUT2D eigenvalue weighted by atomic mass is 9.49. The van der Waals surface area contributed by atoms with Crippen LogP contribution in [0.25, 0.3) is 66.4 Å². The first-order valence-electron chi connectivity index (χ1n) is 22.3. The molecule has 61 heavy (non-hydrogen) atoms. The van der Waals surface area contributed by atoms with Gasteiger partial charge in [-0.05, 0) is 154 Å². The van der Waals surface area contributed by atoms with Crippen molar-refractivity contribution >= 4 is 39.0 Å². The zero-order valence-corrected chi connectivity index (χ0v) is 34.9. The number of hydrogen-bond acceptors (Lipinski definition) is 2. The van der Waals surface area contributed by atoms with Crippen molar-refractivity contribution in [2.45, 2.75) is 44.9 Å². The van der Waals surface area contributed by atoms with Gasteiger partial charge in [0, 0.05) is 33.2 Å². The van der Waals surface area contributed by atoms with Crippen LogP contribution in [-0.2, 0) is 5.41 Å². The summed E-state index contributed by atoms with van der Waals surface area (Å²) >= 11 is 0. The van der Waals surface area contributed by atoms with Crippen LogP contribution in [0.1, 0.15) is 50.7 Å². The van der Waals surface area contributed by atoms with E-state index < -0.39 is 0 Å². The number of anilines is 3. The van der Waals surface area contributed by atoms with Crippen LogP contribution in [0.3, 0.4) is 0 Å². The van der Waals surface area contributed by atoms with Crippen molar-refractivity contribution in [1.82, 2.24) is 0 Å². The lowest BCUT2D eigenvalue weighted by molar-refractivity contribution is 0.0426. The van der Waals surface area contributed by atoms with E-state index in [1.165, 1.54) is 81.4 Å². The smallest absolute Gasteiger partial charge is 0.136 e. The molecule has 0 aliphatic heterocycles.